The summed E-state index contributed by atoms with van der Waals surface area (Å²) in [4.78, 5) is 7.33. The maximum absolute atomic E-state index is 5.86. The molecule has 0 spiro atoms. The summed E-state index contributed by atoms with van der Waals surface area (Å²) in [7, 11) is 0. The molecule has 0 radical (unpaired) electrons. The highest BCUT2D eigenvalue weighted by atomic mass is 127. The third-order valence-corrected chi connectivity index (χ3v) is 4.77. The zero-order valence-corrected chi connectivity index (χ0v) is 18.8. The van der Waals surface area contributed by atoms with Crippen molar-refractivity contribution in [3.63, 3.8) is 0 Å². The van der Waals surface area contributed by atoms with E-state index in [9.17, 15) is 0 Å². The van der Waals surface area contributed by atoms with Gasteiger partial charge in [-0.1, -0.05) is 0 Å². The lowest BCUT2D eigenvalue weighted by molar-refractivity contribution is -0.0939. The van der Waals surface area contributed by atoms with Gasteiger partial charge in [-0.05, 0) is 47.5 Å². The molecular weight excluding hydrogens is 431 g/mol. The SMILES string of the molecule is CCNC(=NCC(C)(C)N1CC(C)OC(C)C1)NCC1CCCO1.I. The van der Waals surface area contributed by atoms with Gasteiger partial charge in [-0.15, -0.1) is 24.0 Å². The molecule has 7 heteroatoms. The molecule has 0 aromatic carbocycles. The van der Waals surface area contributed by atoms with Crippen molar-refractivity contribution in [1.82, 2.24) is 15.5 Å². The lowest BCUT2D eigenvalue weighted by Gasteiger charge is -2.44. The Bertz CT molecular complexity index is 404. The van der Waals surface area contributed by atoms with Crippen LogP contribution in [0.5, 0.6) is 0 Å². The van der Waals surface area contributed by atoms with Crippen LogP contribution in [0, 0.1) is 0 Å². The van der Waals surface area contributed by atoms with E-state index in [1.165, 1.54) is 6.42 Å². The molecule has 0 aromatic heterocycles. The third-order valence-electron chi connectivity index (χ3n) is 4.77. The second-order valence-electron chi connectivity index (χ2n) is 7.69. The maximum atomic E-state index is 5.86. The van der Waals surface area contributed by atoms with Gasteiger partial charge in [0, 0.05) is 38.3 Å². The van der Waals surface area contributed by atoms with Crippen LogP contribution in [0.1, 0.15) is 47.5 Å². The van der Waals surface area contributed by atoms with Gasteiger partial charge < -0.3 is 20.1 Å². The summed E-state index contributed by atoms with van der Waals surface area (Å²) in [5, 5.41) is 6.77. The van der Waals surface area contributed by atoms with Gasteiger partial charge in [-0.2, -0.15) is 0 Å². The van der Waals surface area contributed by atoms with Crippen molar-refractivity contribution in [1.29, 1.82) is 0 Å². The predicted octanol–water partition coefficient (Wildman–Crippen LogP) is 2.23. The Labute approximate surface area is 170 Å². The molecule has 3 unspecified atom stereocenters. The topological polar surface area (TPSA) is 58.1 Å². The fourth-order valence-electron chi connectivity index (χ4n) is 3.40. The number of hydrogen-bond acceptors (Lipinski definition) is 4. The van der Waals surface area contributed by atoms with E-state index in [0.29, 0.717) is 6.10 Å². The molecular formula is C18H37IN4O2. The van der Waals surface area contributed by atoms with Crippen LogP contribution in [0.15, 0.2) is 4.99 Å². The van der Waals surface area contributed by atoms with Crippen LogP contribution < -0.4 is 10.6 Å². The van der Waals surface area contributed by atoms with Gasteiger partial charge in [0.1, 0.15) is 0 Å². The van der Waals surface area contributed by atoms with Crippen molar-refractivity contribution >= 4 is 29.9 Å². The van der Waals surface area contributed by atoms with Crippen molar-refractivity contribution in [2.24, 2.45) is 4.99 Å². The molecule has 2 rings (SSSR count). The quantitative estimate of drug-likeness (QED) is 0.356. The summed E-state index contributed by atoms with van der Waals surface area (Å²) in [6.45, 7) is 16.2. The lowest BCUT2D eigenvalue weighted by Crippen LogP contribution is -2.56. The van der Waals surface area contributed by atoms with Crippen LogP contribution in [-0.2, 0) is 9.47 Å². The predicted molar refractivity (Wildman–Crippen MR) is 114 cm³/mol. The minimum absolute atomic E-state index is 0. The molecule has 2 heterocycles. The average molecular weight is 468 g/mol. The summed E-state index contributed by atoms with van der Waals surface area (Å²) < 4.78 is 11.5. The second-order valence-corrected chi connectivity index (χ2v) is 7.69. The van der Waals surface area contributed by atoms with Crippen LogP contribution in [0.25, 0.3) is 0 Å². The van der Waals surface area contributed by atoms with E-state index in [0.717, 1.165) is 51.7 Å². The number of guanidine groups is 1. The molecule has 0 aromatic rings. The Hall–Kier alpha value is -0.120. The van der Waals surface area contributed by atoms with Crippen LogP contribution in [-0.4, -0.2) is 74.0 Å². The van der Waals surface area contributed by atoms with E-state index in [1.807, 2.05) is 0 Å². The molecule has 0 amide bonds. The van der Waals surface area contributed by atoms with Gasteiger partial charge in [-0.25, -0.2) is 0 Å². The van der Waals surface area contributed by atoms with Crippen molar-refractivity contribution in [2.45, 2.75) is 71.3 Å². The first-order chi connectivity index (χ1) is 11.4. The Morgan fingerprint density at radius 3 is 2.44 bits per heavy atom. The van der Waals surface area contributed by atoms with E-state index in [-0.39, 0.29) is 41.7 Å². The fraction of sp³-hybridized carbons (Fsp3) is 0.944. The molecule has 0 bridgehead atoms. The van der Waals surface area contributed by atoms with E-state index in [2.05, 4.69) is 50.2 Å². The molecule has 3 atom stereocenters. The van der Waals surface area contributed by atoms with E-state index in [4.69, 9.17) is 14.5 Å². The molecule has 25 heavy (non-hydrogen) atoms. The smallest absolute Gasteiger partial charge is 0.191 e. The first-order valence-corrected chi connectivity index (χ1v) is 9.45. The zero-order chi connectivity index (χ0) is 17.6. The Morgan fingerprint density at radius 2 is 1.88 bits per heavy atom. The zero-order valence-electron chi connectivity index (χ0n) is 16.5. The molecule has 2 N–H and O–H groups in total. The van der Waals surface area contributed by atoms with Crippen LogP contribution in [0.2, 0.25) is 0 Å². The number of ether oxygens (including phenoxy) is 2. The van der Waals surface area contributed by atoms with Crippen LogP contribution in [0.3, 0.4) is 0 Å². The van der Waals surface area contributed by atoms with E-state index < -0.39 is 0 Å². The number of rotatable bonds is 6. The number of halogens is 1. The van der Waals surface area contributed by atoms with Gasteiger partial charge in [0.2, 0.25) is 0 Å². The van der Waals surface area contributed by atoms with Crippen molar-refractivity contribution in [3.8, 4) is 0 Å². The summed E-state index contributed by atoms with van der Waals surface area (Å²) in [6, 6.07) is 0. The summed E-state index contributed by atoms with van der Waals surface area (Å²) in [5.41, 5.74) is 0.0124. The van der Waals surface area contributed by atoms with Gasteiger partial charge >= 0.3 is 0 Å². The summed E-state index contributed by atoms with van der Waals surface area (Å²) >= 11 is 0. The molecule has 0 saturated carbocycles. The number of nitrogens with one attached hydrogen (secondary N) is 2. The second kappa shape index (κ2) is 10.9. The lowest BCUT2D eigenvalue weighted by atomic mass is 10.0. The maximum Gasteiger partial charge on any atom is 0.191 e. The normalized spacial score (nSPS) is 28.5. The van der Waals surface area contributed by atoms with E-state index in [1.54, 1.807) is 0 Å². The molecule has 2 aliphatic heterocycles. The number of morpholine rings is 1. The molecule has 148 valence electrons. The molecule has 0 aliphatic carbocycles. The molecule has 2 fully saturated rings. The highest BCUT2D eigenvalue weighted by Gasteiger charge is 2.33. The molecule has 2 aliphatic rings. The Morgan fingerprint density at radius 1 is 1.20 bits per heavy atom. The van der Waals surface area contributed by atoms with Crippen molar-refractivity contribution in [2.75, 3.05) is 39.3 Å². The monoisotopic (exact) mass is 468 g/mol. The number of nitrogens with zero attached hydrogens (tertiary/aromatic N) is 2. The molecule has 2 saturated heterocycles. The summed E-state index contributed by atoms with van der Waals surface area (Å²) in [6.07, 6.45) is 3.19. The van der Waals surface area contributed by atoms with Crippen molar-refractivity contribution in [3.05, 3.63) is 0 Å². The first kappa shape index (κ1) is 22.9. The minimum atomic E-state index is 0. The van der Waals surface area contributed by atoms with Gasteiger partial charge in [0.05, 0.1) is 24.9 Å². The Kier molecular flexibility index (Phi) is 9.98. The first-order valence-electron chi connectivity index (χ1n) is 9.45. The minimum Gasteiger partial charge on any atom is -0.376 e. The van der Waals surface area contributed by atoms with Gasteiger partial charge in [-0.3, -0.25) is 9.89 Å². The summed E-state index contributed by atoms with van der Waals surface area (Å²) in [5.74, 6) is 0.885. The molecule has 6 nitrogen and oxygen atoms in total. The Balaban J connectivity index is 0.00000312. The average Bonchev–Trinajstić information content (AvgIpc) is 3.02. The largest absolute Gasteiger partial charge is 0.376 e. The van der Waals surface area contributed by atoms with Gasteiger partial charge in [0.15, 0.2) is 5.96 Å². The van der Waals surface area contributed by atoms with Crippen molar-refractivity contribution < 1.29 is 9.47 Å². The number of aliphatic imine (C=N–C) groups is 1. The van der Waals surface area contributed by atoms with Crippen LogP contribution in [0.4, 0.5) is 0 Å². The highest BCUT2D eigenvalue weighted by Crippen LogP contribution is 2.21. The third kappa shape index (κ3) is 7.56. The van der Waals surface area contributed by atoms with E-state index >= 15 is 0 Å². The van der Waals surface area contributed by atoms with Gasteiger partial charge in [0.25, 0.3) is 0 Å². The van der Waals surface area contributed by atoms with Crippen LogP contribution >= 0.6 is 24.0 Å². The fourth-order valence-corrected chi connectivity index (χ4v) is 3.40. The number of hydrogen-bond donors (Lipinski definition) is 2. The standard InChI is InChI=1S/C18H36N4O2.HI/c1-6-19-17(20-10-16-8-7-9-23-16)21-13-18(4,5)22-11-14(2)24-15(3)12-22;/h14-16H,6-13H2,1-5H3,(H2,19,20,21);1H. The highest BCUT2D eigenvalue weighted by molar-refractivity contribution is 14.0.